The first-order chi connectivity index (χ1) is 5.68. The van der Waals surface area contributed by atoms with Crippen LogP contribution in [0.25, 0.3) is 0 Å². The predicted octanol–water partition coefficient (Wildman–Crippen LogP) is -0.209. The normalized spacial score (nSPS) is 16.4. The minimum Gasteiger partial charge on any atom is -0.363 e. The van der Waals surface area contributed by atoms with Gasteiger partial charge in [-0.15, -0.1) is 0 Å². The largest absolute Gasteiger partial charge is 0.363 e. The summed E-state index contributed by atoms with van der Waals surface area (Å²) in [6, 6.07) is 0. The number of hydrogen-bond donors (Lipinski definition) is 1. The molecule has 2 N–H and O–H groups in total. The Morgan fingerprint density at radius 2 is 2.33 bits per heavy atom. The SMILES string of the molecule is Cn1nc(C2CC2)nc1C(N)=O. The van der Waals surface area contributed by atoms with E-state index in [9.17, 15) is 4.79 Å². The van der Waals surface area contributed by atoms with Crippen LogP contribution in [0.5, 0.6) is 0 Å². The number of hydrogen-bond acceptors (Lipinski definition) is 3. The highest BCUT2D eigenvalue weighted by Gasteiger charge is 2.29. The molecule has 0 saturated heterocycles. The highest BCUT2D eigenvalue weighted by Crippen LogP contribution is 2.37. The Labute approximate surface area is 69.6 Å². The van der Waals surface area contributed by atoms with E-state index in [1.165, 1.54) is 4.68 Å². The summed E-state index contributed by atoms with van der Waals surface area (Å²) in [5.41, 5.74) is 5.09. The van der Waals surface area contributed by atoms with Crippen molar-refractivity contribution in [2.75, 3.05) is 0 Å². The highest BCUT2D eigenvalue weighted by molar-refractivity contribution is 5.88. The molecule has 1 amide bonds. The summed E-state index contributed by atoms with van der Waals surface area (Å²) in [7, 11) is 1.68. The van der Waals surface area contributed by atoms with Crippen LogP contribution in [0.4, 0.5) is 0 Å². The van der Waals surface area contributed by atoms with E-state index >= 15 is 0 Å². The van der Waals surface area contributed by atoms with Crippen molar-refractivity contribution in [2.45, 2.75) is 18.8 Å². The molecule has 0 aliphatic heterocycles. The first-order valence-corrected chi connectivity index (χ1v) is 3.89. The zero-order chi connectivity index (χ0) is 8.72. The van der Waals surface area contributed by atoms with Crippen LogP contribution in [0.3, 0.4) is 0 Å². The van der Waals surface area contributed by atoms with Crippen LogP contribution in [-0.2, 0) is 7.05 Å². The lowest BCUT2D eigenvalue weighted by molar-refractivity contribution is 0.0986. The molecule has 1 aromatic heterocycles. The van der Waals surface area contributed by atoms with Crippen molar-refractivity contribution >= 4 is 5.91 Å². The highest BCUT2D eigenvalue weighted by atomic mass is 16.1. The van der Waals surface area contributed by atoms with Gasteiger partial charge in [0.2, 0.25) is 5.82 Å². The summed E-state index contributed by atoms with van der Waals surface area (Å²) in [4.78, 5) is 14.8. The molecule has 1 aliphatic rings. The Morgan fingerprint density at radius 3 is 2.75 bits per heavy atom. The second-order valence-electron chi connectivity index (χ2n) is 3.06. The van der Waals surface area contributed by atoms with Gasteiger partial charge in [0.15, 0.2) is 5.82 Å². The van der Waals surface area contributed by atoms with Crippen molar-refractivity contribution in [3.63, 3.8) is 0 Å². The third-order valence-corrected chi connectivity index (χ3v) is 1.94. The van der Waals surface area contributed by atoms with Crippen molar-refractivity contribution < 1.29 is 4.79 Å². The number of aromatic nitrogens is 3. The lowest BCUT2D eigenvalue weighted by Crippen LogP contribution is -2.16. The quantitative estimate of drug-likeness (QED) is 0.660. The Bertz CT molecular complexity index is 326. The fourth-order valence-electron chi connectivity index (χ4n) is 1.13. The van der Waals surface area contributed by atoms with Gasteiger partial charge in [-0.1, -0.05) is 0 Å². The molecule has 2 rings (SSSR count). The summed E-state index contributed by atoms with van der Waals surface area (Å²) in [5, 5.41) is 4.10. The van der Waals surface area contributed by atoms with Crippen LogP contribution >= 0.6 is 0 Å². The third kappa shape index (κ3) is 1.07. The van der Waals surface area contributed by atoms with Crippen molar-refractivity contribution in [3.8, 4) is 0 Å². The number of nitrogens with two attached hydrogens (primary N) is 1. The average molecular weight is 166 g/mol. The minimum absolute atomic E-state index is 0.247. The molecule has 0 bridgehead atoms. The Hall–Kier alpha value is -1.39. The van der Waals surface area contributed by atoms with Crippen LogP contribution in [0.2, 0.25) is 0 Å². The van der Waals surface area contributed by atoms with Gasteiger partial charge in [-0.05, 0) is 12.8 Å². The molecule has 1 saturated carbocycles. The second kappa shape index (κ2) is 2.30. The monoisotopic (exact) mass is 166 g/mol. The molecule has 0 spiro atoms. The third-order valence-electron chi connectivity index (χ3n) is 1.94. The molecule has 0 atom stereocenters. The zero-order valence-corrected chi connectivity index (χ0v) is 6.82. The molecule has 0 unspecified atom stereocenters. The van der Waals surface area contributed by atoms with E-state index in [2.05, 4.69) is 10.1 Å². The smallest absolute Gasteiger partial charge is 0.286 e. The number of amides is 1. The molecule has 12 heavy (non-hydrogen) atoms. The van der Waals surface area contributed by atoms with Gasteiger partial charge in [-0.2, -0.15) is 5.10 Å². The lowest BCUT2D eigenvalue weighted by atomic mass is 10.4. The minimum atomic E-state index is -0.517. The topological polar surface area (TPSA) is 73.8 Å². The molecule has 5 nitrogen and oxygen atoms in total. The lowest BCUT2D eigenvalue weighted by Gasteiger charge is -1.89. The first-order valence-electron chi connectivity index (χ1n) is 3.89. The van der Waals surface area contributed by atoms with Gasteiger partial charge in [-0.3, -0.25) is 4.79 Å². The van der Waals surface area contributed by atoms with Gasteiger partial charge in [-0.25, -0.2) is 9.67 Å². The van der Waals surface area contributed by atoms with Crippen LogP contribution in [0.1, 0.15) is 35.2 Å². The molecule has 1 aromatic rings. The Balaban J connectivity index is 2.36. The summed E-state index contributed by atoms with van der Waals surface area (Å²) in [6.45, 7) is 0. The fourth-order valence-corrected chi connectivity index (χ4v) is 1.13. The zero-order valence-electron chi connectivity index (χ0n) is 6.82. The van der Waals surface area contributed by atoms with Crippen LogP contribution in [0.15, 0.2) is 0 Å². The molecular formula is C7H10N4O. The summed E-state index contributed by atoms with van der Waals surface area (Å²) >= 11 is 0. The Kier molecular flexibility index (Phi) is 1.39. The summed E-state index contributed by atoms with van der Waals surface area (Å²) in [6.07, 6.45) is 2.25. The number of carbonyl (C=O) groups is 1. The molecule has 1 aliphatic carbocycles. The molecule has 0 aromatic carbocycles. The second-order valence-corrected chi connectivity index (χ2v) is 3.06. The standard InChI is InChI=1S/C7H10N4O/c1-11-7(5(8)12)9-6(10-11)4-2-3-4/h4H,2-3H2,1H3,(H2,8,12). The van der Waals surface area contributed by atoms with Gasteiger partial charge in [0.05, 0.1) is 0 Å². The van der Waals surface area contributed by atoms with Gasteiger partial charge < -0.3 is 5.73 Å². The molecule has 1 heterocycles. The maximum Gasteiger partial charge on any atom is 0.286 e. The van der Waals surface area contributed by atoms with E-state index in [1.807, 2.05) is 0 Å². The first kappa shape index (κ1) is 7.27. The number of carbonyl (C=O) groups excluding carboxylic acids is 1. The van der Waals surface area contributed by atoms with Crippen LogP contribution < -0.4 is 5.73 Å². The molecular weight excluding hydrogens is 156 g/mol. The van der Waals surface area contributed by atoms with Crippen LogP contribution in [0, 0.1) is 0 Å². The fraction of sp³-hybridized carbons (Fsp3) is 0.571. The summed E-state index contributed by atoms with van der Waals surface area (Å²) in [5.74, 6) is 0.949. The van der Waals surface area contributed by atoms with E-state index in [0.29, 0.717) is 5.92 Å². The molecule has 0 radical (unpaired) electrons. The maximum absolute atomic E-state index is 10.8. The van der Waals surface area contributed by atoms with E-state index in [4.69, 9.17) is 5.73 Å². The Morgan fingerprint density at radius 1 is 1.67 bits per heavy atom. The summed E-state index contributed by atoms with van der Waals surface area (Å²) < 4.78 is 1.44. The number of primary amides is 1. The number of rotatable bonds is 2. The van der Waals surface area contributed by atoms with Crippen LogP contribution in [-0.4, -0.2) is 20.7 Å². The number of nitrogens with zero attached hydrogens (tertiary/aromatic N) is 3. The molecule has 64 valence electrons. The van der Waals surface area contributed by atoms with Crippen molar-refractivity contribution in [1.82, 2.24) is 14.8 Å². The maximum atomic E-state index is 10.8. The van der Waals surface area contributed by atoms with E-state index in [0.717, 1.165) is 18.7 Å². The van der Waals surface area contributed by atoms with Gasteiger partial charge in [0, 0.05) is 13.0 Å². The van der Waals surface area contributed by atoms with Gasteiger partial charge >= 0.3 is 0 Å². The van der Waals surface area contributed by atoms with E-state index in [-0.39, 0.29) is 5.82 Å². The van der Waals surface area contributed by atoms with Gasteiger partial charge in [0.1, 0.15) is 0 Å². The van der Waals surface area contributed by atoms with Crippen molar-refractivity contribution in [2.24, 2.45) is 12.8 Å². The van der Waals surface area contributed by atoms with E-state index in [1.54, 1.807) is 7.05 Å². The molecule has 5 heteroatoms. The number of aryl methyl sites for hydroxylation is 1. The van der Waals surface area contributed by atoms with Crippen molar-refractivity contribution in [3.05, 3.63) is 11.6 Å². The molecule has 1 fully saturated rings. The van der Waals surface area contributed by atoms with Crippen molar-refractivity contribution in [1.29, 1.82) is 0 Å². The van der Waals surface area contributed by atoms with E-state index < -0.39 is 5.91 Å². The average Bonchev–Trinajstić information content (AvgIpc) is 2.75. The predicted molar refractivity (Wildman–Crippen MR) is 41.5 cm³/mol. The van der Waals surface area contributed by atoms with Gasteiger partial charge in [0.25, 0.3) is 5.91 Å².